The number of carbonyl (C=O) groups excluding carboxylic acids is 1. The minimum Gasteiger partial charge on any atom is -0.506 e. The number of aromatic nitrogens is 1. The summed E-state index contributed by atoms with van der Waals surface area (Å²) in [5.41, 5.74) is -0.108. The quantitative estimate of drug-likeness (QED) is 0.0626. The Hall–Kier alpha value is -4.48. The molecule has 1 aliphatic rings. The van der Waals surface area contributed by atoms with Crippen LogP contribution in [0.15, 0.2) is 76.2 Å². The smallest absolute Gasteiger partial charge is 0.411 e. The fraction of sp³-hybridized carbons (Fsp3) is 0.359. The lowest BCUT2D eigenvalue weighted by molar-refractivity contribution is -0.170. The van der Waals surface area contributed by atoms with Crippen LogP contribution in [0.25, 0.3) is 10.9 Å². The summed E-state index contributed by atoms with van der Waals surface area (Å²) < 4.78 is 17.5. The lowest BCUT2D eigenvalue weighted by Crippen LogP contribution is -2.45. The number of hydrogen-bond acceptors (Lipinski definition) is 12. The molecule has 292 valence electrons. The number of aromatic amines is 1. The van der Waals surface area contributed by atoms with Crippen LogP contribution >= 0.6 is 34.3 Å². The zero-order valence-corrected chi connectivity index (χ0v) is 32.6. The van der Waals surface area contributed by atoms with Crippen molar-refractivity contribution < 1.29 is 39.1 Å². The molecule has 6 N–H and O–H groups in total. The highest BCUT2D eigenvalue weighted by atomic mass is 35.5. The molecule has 0 saturated heterocycles. The number of fused-ring (bicyclic) bond motifs is 1. The Bertz CT molecular complexity index is 2100. The summed E-state index contributed by atoms with van der Waals surface area (Å²) in [6, 6.07) is 16.7. The first-order valence-electron chi connectivity index (χ1n) is 17.7. The van der Waals surface area contributed by atoms with Crippen molar-refractivity contribution in [3.8, 4) is 11.5 Å². The number of amides is 1. The number of aliphatic hydroxyl groups is 1. The summed E-state index contributed by atoms with van der Waals surface area (Å²) in [6.07, 6.45) is 1.18. The van der Waals surface area contributed by atoms with E-state index in [2.05, 4.69) is 20.5 Å². The minimum atomic E-state index is -1.53. The Morgan fingerprint density at radius 3 is 2.40 bits per heavy atom. The molecule has 0 spiro atoms. The Morgan fingerprint density at radius 1 is 1.05 bits per heavy atom. The summed E-state index contributed by atoms with van der Waals surface area (Å²) in [6.45, 7) is 1.07. The second-order valence-corrected chi connectivity index (χ2v) is 15.6. The second kappa shape index (κ2) is 18.0. The third-order valence-corrected chi connectivity index (χ3v) is 12.1. The summed E-state index contributed by atoms with van der Waals surface area (Å²) in [4.78, 5) is 43.3. The number of hydrogen-bond donors (Lipinski definition) is 6. The first kappa shape index (κ1) is 40.2. The highest BCUT2D eigenvalue weighted by Gasteiger charge is 2.48. The van der Waals surface area contributed by atoms with Gasteiger partial charge < -0.3 is 44.7 Å². The van der Waals surface area contributed by atoms with Gasteiger partial charge >= 0.3 is 12.1 Å². The van der Waals surface area contributed by atoms with E-state index < -0.39 is 23.8 Å². The van der Waals surface area contributed by atoms with Gasteiger partial charge in [-0.2, -0.15) is 0 Å². The Morgan fingerprint density at radius 2 is 1.76 bits per heavy atom. The predicted molar refractivity (Wildman–Crippen MR) is 213 cm³/mol. The van der Waals surface area contributed by atoms with E-state index in [0.717, 1.165) is 12.8 Å². The van der Waals surface area contributed by atoms with Gasteiger partial charge in [0.05, 0.1) is 45.3 Å². The SMILES string of the molecule is COc1cc(NC(=O)OCCN(C)C2CCC(OC(C(=O)O)(c3cccs3)c3cccs3)CC2)c(Cl)cc1CNC[C@H](O)c1ccc(O)c2[nH]c(=O)ccc12. The van der Waals surface area contributed by atoms with Gasteiger partial charge in [-0.15, -0.1) is 22.7 Å². The van der Waals surface area contributed by atoms with Gasteiger partial charge in [-0.1, -0.05) is 29.8 Å². The lowest BCUT2D eigenvalue weighted by atomic mass is 9.90. The van der Waals surface area contributed by atoms with Gasteiger partial charge in [0.25, 0.3) is 0 Å². The molecule has 55 heavy (non-hydrogen) atoms. The van der Waals surface area contributed by atoms with Crippen LogP contribution in [-0.2, 0) is 26.4 Å². The number of benzene rings is 2. The molecular weight excluding hydrogens is 768 g/mol. The third kappa shape index (κ3) is 9.15. The van der Waals surface area contributed by atoms with Crippen molar-refractivity contribution in [1.82, 2.24) is 15.2 Å². The summed E-state index contributed by atoms with van der Waals surface area (Å²) in [7, 11) is 3.48. The van der Waals surface area contributed by atoms with Crippen molar-refractivity contribution in [3.05, 3.63) is 108 Å². The van der Waals surface area contributed by atoms with Crippen molar-refractivity contribution in [2.75, 3.05) is 39.2 Å². The van der Waals surface area contributed by atoms with Crippen molar-refractivity contribution in [2.24, 2.45) is 0 Å². The summed E-state index contributed by atoms with van der Waals surface area (Å²) >= 11 is 9.30. The number of H-pyrrole nitrogens is 1. The zero-order valence-electron chi connectivity index (χ0n) is 30.2. The number of phenols is 1. The first-order chi connectivity index (χ1) is 26.5. The third-order valence-electron chi connectivity index (χ3n) is 9.85. The number of carboxylic acid groups (broad SMARTS) is 1. The molecule has 3 heterocycles. The number of methoxy groups -OCH3 is 1. The van der Waals surface area contributed by atoms with Crippen LogP contribution < -0.4 is 20.9 Å². The van der Waals surface area contributed by atoms with Gasteiger partial charge in [0.15, 0.2) is 0 Å². The van der Waals surface area contributed by atoms with Crippen LogP contribution in [0, 0.1) is 0 Å². The Labute approximate surface area is 330 Å². The maximum absolute atomic E-state index is 12.8. The molecule has 1 atom stereocenters. The first-order valence-corrected chi connectivity index (χ1v) is 19.9. The molecule has 1 fully saturated rings. The summed E-state index contributed by atoms with van der Waals surface area (Å²) in [5.74, 6) is -0.650. The topological polar surface area (TPSA) is 183 Å². The fourth-order valence-corrected chi connectivity index (χ4v) is 8.99. The van der Waals surface area contributed by atoms with Gasteiger partial charge in [-0.3, -0.25) is 10.1 Å². The van der Waals surface area contributed by atoms with Crippen molar-refractivity contribution >= 4 is 62.9 Å². The molecule has 2 aromatic carbocycles. The molecule has 16 heteroatoms. The molecule has 1 amide bonds. The normalized spacial score (nSPS) is 16.6. The molecule has 13 nitrogen and oxygen atoms in total. The summed E-state index contributed by atoms with van der Waals surface area (Å²) in [5, 5.41) is 41.9. The van der Waals surface area contributed by atoms with Gasteiger partial charge in [-0.25, -0.2) is 9.59 Å². The molecule has 1 aliphatic carbocycles. The van der Waals surface area contributed by atoms with E-state index >= 15 is 0 Å². The lowest BCUT2D eigenvalue weighted by Gasteiger charge is -2.38. The highest BCUT2D eigenvalue weighted by Crippen LogP contribution is 2.42. The van der Waals surface area contributed by atoms with Crippen molar-refractivity contribution in [3.63, 3.8) is 0 Å². The largest absolute Gasteiger partial charge is 0.506 e. The number of aliphatic hydroxyl groups excluding tert-OH is 1. The second-order valence-electron chi connectivity index (χ2n) is 13.3. The number of ether oxygens (including phenoxy) is 3. The number of anilines is 1. The molecule has 1 saturated carbocycles. The van der Waals surface area contributed by atoms with E-state index in [0.29, 0.717) is 57.1 Å². The van der Waals surface area contributed by atoms with Gasteiger partial charge in [0.2, 0.25) is 11.2 Å². The number of aliphatic carboxylic acids is 1. The standard InChI is InChI=1S/C39H43ClN4O9S2/c1-44(24-7-9-25(10-8-24)53-39(37(48)49,33-5-3-17-54-33)34-6-4-18-55-34)15-16-52-38(50)42-29-20-32(51-2)23(19-28(29)40)21-41-22-31(46)26-11-13-30(45)36-27(26)12-14-35(47)43-36/h3-6,11-14,17-20,24-25,31,41,45-46H,7-10,15-16,21-22H2,1-2H3,(H,42,50)(H,43,47)(H,48,49)/t24?,25?,31-/m0/s1. The number of nitrogens with zero attached hydrogens (tertiary/aromatic N) is 1. The van der Waals surface area contributed by atoms with Gasteiger partial charge in [0.1, 0.15) is 18.1 Å². The van der Waals surface area contributed by atoms with Crippen LogP contribution in [0.3, 0.4) is 0 Å². The predicted octanol–water partition coefficient (Wildman–Crippen LogP) is 6.68. The maximum Gasteiger partial charge on any atom is 0.411 e. The average molecular weight is 811 g/mol. The molecular formula is C39H43ClN4O9S2. The molecule has 0 bridgehead atoms. The monoisotopic (exact) mass is 810 g/mol. The van der Waals surface area contributed by atoms with Crippen molar-refractivity contribution in [2.45, 2.75) is 56.1 Å². The van der Waals surface area contributed by atoms with E-state index in [1.54, 1.807) is 24.3 Å². The van der Waals surface area contributed by atoms with Gasteiger partial charge in [-0.05, 0) is 79.4 Å². The van der Waals surface area contributed by atoms with E-state index in [9.17, 15) is 29.7 Å². The molecule has 0 aliphatic heterocycles. The van der Waals surface area contributed by atoms with E-state index in [-0.39, 0.29) is 53.7 Å². The van der Waals surface area contributed by atoms with Crippen molar-refractivity contribution in [1.29, 1.82) is 0 Å². The minimum absolute atomic E-state index is 0.0891. The number of nitrogens with one attached hydrogen (secondary N) is 3. The van der Waals surface area contributed by atoms with E-state index in [1.165, 1.54) is 41.9 Å². The molecule has 6 rings (SSSR count). The number of rotatable bonds is 16. The molecule has 0 unspecified atom stereocenters. The number of thiophene rings is 2. The Balaban J connectivity index is 0.962. The number of halogens is 1. The number of pyridine rings is 1. The number of aromatic hydroxyl groups is 1. The average Bonchev–Trinajstić information content (AvgIpc) is 3.92. The maximum atomic E-state index is 12.8. The van der Waals surface area contributed by atoms with Gasteiger partial charge in [0, 0.05) is 48.8 Å². The number of carboxylic acids is 1. The van der Waals surface area contributed by atoms with Crippen LogP contribution in [0.1, 0.15) is 52.7 Å². The van der Waals surface area contributed by atoms with E-state index in [1.807, 2.05) is 42.1 Å². The molecule has 5 aromatic rings. The zero-order chi connectivity index (χ0) is 39.1. The number of carbonyl (C=O) groups is 2. The highest BCUT2D eigenvalue weighted by molar-refractivity contribution is 7.12. The van der Waals surface area contributed by atoms with E-state index in [4.69, 9.17) is 25.8 Å². The fourth-order valence-electron chi connectivity index (χ4n) is 6.94. The number of likely N-dealkylation sites (N-methyl/N-ethyl adjacent to an activating group) is 1. The Kier molecular flexibility index (Phi) is 13.1. The molecule has 0 radical (unpaired) electrons. The van der Waals surface area contributed by atoms with Crippen LogP contribution in [0.5, 0.6) is 11.5 Å². The van der Waals surface area contributed by atoms with Crippen LogP contribution in [0.4, 0.5) is 10.5 Å². The van der Waals surface area contributed by atoms with Crippen LogP contribution in [-0.4, -0.2) is 83.3 Å². The number of phenolic OH excluding ortho intramolecular Hbond substituents is 1. The molecule has 3 aromatic heterocycles. The van der Waals surface area contributed by atoms with Crippen LogP contribution in [0.2, 0.25) is 5.02 Å².